The molecule has 0 spiro atoms. The van der Waals surface area contributed by atoms with Crippen LogP contribution >= 0.6 is 11.6 Å². The molecule has 0 bridgehead atoms. The molecule has 4 heteroatoms. The van der Waals surface area contributed by atoms with Crippen LogP contribution in [0.1, 0.15) is 24.2 Å². The van der Waals surface area contributed by atoms with E-state index >= 15 is 0 Å². The van der Waals surface area contributed by atoms with Gasteiger partial charge < -0.3 is 9.47 Å². The molecule has 0 aliphatic carbocycles. The van der Waals surface area contributed by atoms with E-state index in [1.807, 2.05) is 43.3 Å². The van der Waals surface area contributed by atoms with E-state index in [1.54, 1.807) is 12.1 Å². The van der Waals surface area contributed by atoms with Gasteiger partial charge in [-0.15, -0.1) is 0 Å². The van der Waals surface area contributed by atoms with Crippen molar-refractivity contribution in [2.45, 2.75) is 19.4 Å². The maximum atomic E-state index is 11.5. The molecule has 21 heavy (non-hydrogen) atoms. The second-order valence-electron chi connectivity index (χ2n) is 4.67. The van der Waals surface area contributed by atoms with Gasteiger partial charge in [-0.2, -0.15) is 0 Å². The highest BCUT2D eigenvalue weighted by Gasteiger charge is 2.14. The molecule has 0 N–H and O–H groups in total. The third-order valence-electron chi connectivity index (χ3n) is 3.16. The summed E-state index contributed by atoms with van der Waals surface area (Å²) >= 11 is 5.95. The van der Waals surface area contributed by atoms with Gasteiger partial charge in [0.05, 0.1) is 13.5 Å². The number of esters is 1. The predicted octanol–water partition coefficient (Wildman–Crippen LogP) is 4.20. The van der Waals surface area contributed by atoms with Gasteiger partial charge in [0.15, 0.2) is 0 Å². The lowest BCUT2D eigenvalue weighted by Crippen LogP contribution is -2.11. The van der Waals surface area contributed by atoms with Crippen LogP contribution in [-0.4, -0.2) is 13.1 Å². The molecule has 110 valence electrons. The molecule has 2 rings (SSSR count). The van der Waals surface area contributed by atoms with E-state index in [0.29, 0.717) is 10.8 Å². The van der Waals surface area contributed by atoms with Gasteiger partial charge in [-0.1, -0.05) is 41.9 Å². The van der Waals surface area contributed by atoms with Crippen molar-refractivity contribution in [3.63, 3.8) is 0 Å². The van der Waals surface area contributed by atoms with Gasteiger partial charge in [-0.25, -0.2) is 0 Å². The van der Waals surface area contributed by atoms with Crippen molar-refractivity contribution >= 4 is 17.6 Å². The van der Waals surface area contributed by atoms with Crippen molar-refractivity contribution in [1.29, 1.82) is 0 Å². The molecule has 0 fully saturated rings. The summed E-state index contributed by atoms with van der Waals surface area (Å²) in [5, 5.41) is 0.627. The minimum absolute atomic E-state index is 0.190. The quantitative estimate of drug-likeness (QED) is 0.777. The minimum Gasteiger partial charge on any atom is -0.486 e. The number of ether oxygens (including phenoxy) is 2. The molecule has 3 nitrogen and oxygen atoms in total. The van der Waals surface area contributed by atoms with Crippen LogP contribution in [0, 0.1) is 0 Å². The van der Waals surface area contributed by atoms with Gasteiger partial charge in [-0.05, 0) is 36.2 Å². The number of halogens is 1. The normalized spacial score (nSPS) is 11.8. The van der Waals surface area contributed by atoms with Gasteiger partial charge >= 0.3 is 5.97 Å². The average Bonchev–Trinajstić information content (AvgIpc) is 2.47. The summed E-state index contributed by atoms with van der Waals surface area (Å²) in [6.07, 6.45) is 0.0416. The highest BCUT2D eigenvalue weighted by Crippen LogP contribution is 2.26. The van der Waals surface area contributed by atoms with Crippen LogP contribution in [0.25, 0.3) is 0 Å². The van der Waals surface area contributed by atoms with E-state index in [1.165, 1.54) is 7.11 Å². The van der Waals surface area contributed by atoms with Crippen molar-refractivity contribution in [1.82, 2.24) is 0 Å². The highest BCUT2D eigenvalue weighted by molar-refractivity contribution is 6.30. The van der Waals surface area contributed by atoms with Crippen molar-refractivity contribution in [3.8, 4) is 5.75 Å². The first-order valence-corrected chi connectivity index (χ1v) is 7.05. The standard InChI is InChI=1S/C17H17ClO3/c1-12(21-15-8-5-7-14(18)11-15)16-9-4-3-6-13(16)10-17(19)20-2/h3-9,11-12H,10H2,1-2H3. The second-order valence-corrected chi connectivity index (χ2v) is 5.11. The molecule has 0 saturated heterocycles. The molecule has 2 aromatic rings. The molecule has 2 aromatic carbocycles. The summed E-state index contributed by atoms with van der Waals surface area (Å²) in [4.78, 5) is 11.5. The maximum Gasteiger partial charge on any atom is 0.309 e. The molecule has 1 atom stereocenters. The molecular formula is C17H17ClO3. The maximum absolute atomic E-state index is 11.5. The second kappa shape index (κ2) is 7.14. The molecule has 1 unspecified atom stereocenters. The summed E-state index contributed by atoms with van der Waals surface area (Å²) in [6, 6.07) is 14.9. The van der Waals surface area contributed by atoms with E-state index in [4.69, 9.17) is 21.1 Å². The zero-order valence-corrected chi connectivity index (χ0v) is 12.8. The van der Waals surface area contributed by atoms with Crippen LogP contribution in [0.5, 0.6) is 5.75 Å². The molecule has 0 aliphatic rings. The Morgan fingerprint density at radius 2 is 1.95 bits per heavy atom. The molecule has 0 radical (unpaired) electrons. The Morgan fingerprint density at radius 1 is 1.19 bits per heavy atom. The average molecular weight is 305 g/mol. The first-order chi connectivity index (χ1) is 10.1. The predicted molar refractivity (Wildman–Crippen MR) is 82.7 cm³/mol. The Balaban J connectivity index is 2.18. The fourth-order valence-electron chi connectivity index (χ4n) is 2.13. The van der Waals surface area contributed by atoms with E-state index in [0.717, 1.165) is 11.1 Å². The van der Waals surface area contributed by atoms with Gasteiger partial charge in [0, 0.05) is 5.02 Å². The number of rotatable bonds is 5. The van der Waals surface area contributed by atoms with Gasteiger partial charge in [0.25, 0.3) is 0 Å². The fourth-order valence-corrected chi connectivity index (χ4v) is 2.31. The van der Waals surface area contributed by atoms with Gasteiger partial charge in [0.1, 0.15) is 11.9 Å². The van der Waals surface area contributed by atoms with E-state index in [2.05, 4.69) is 0 Å². The Hall–Kier alpha value is -2.00. The third-order valence-corrected chi connectivity index (χ3v) is 3.40. The van der Waals surface area contributed by atoms with Crippen LogP contribution in [0.2, 0.25) is 5.02 Å². The van der Waals surface area contributed by atoms with Crippen LogP contribution < -0.4 is 4.74 Å². The lowest BCUT2D eigenvalue weighted by atomic mass is 10.0. The Bertz CT molecular complexity index is 625. The number of hydrogen-bond donors (Lipinski definition) is 0. The smallest absolute Gasteiger partial charge is 0.309 e. The van der Waals surface area contributed by atoms with E-state index < -0.39 is 0 Å². The summed E-state index contributed by atoms with van der Waals surface area (Å²) in [5.74, 6) is 0.431. The Morgan fingerprint density at radius 3 is 2.67 bits per heavy atom. The number of carbonyl (C=O) groups is 1. The van der Waals surface area contributed by atoms with Gasteiger partial charge in [-0.3, -0.25) is 4.79 Å². The van der Waals surface area contributed by atoms with Crippen LogP contribution in [-0.2, 0) is 16.0 Å². The summed E-state index contributed by atoms with van der Waals surface area (Å²) in [6.45, 7) is 1.94. The summed E-state index contributed by atoms with van der Waals surface area (Å²) in [7, 11) is 1.39. The molecule has 0 saturated carbocycles. The Labute approximate surface area is 129 Å². The number of benzene rings is 2. The zero-order chi connectivity index (χ0) is 15.2. The highest BCUT2D eigenvalue weighted by atomic mass is 35.5. The fraction of sp³-hybridized carbons (Fsp3) is 0.235. The SMILES string of the molecule is COC(=O)Cc1ccccc1C(C)Oc1cccc(Cl)c1. The summed E-state index contributed by atoms with van der Waals surface area (Å²) < 4.78 is 10.6. The zero-order valence-electron chi connectivity index (χ0n) is 12.0. The molecule has 0 aliphatic heterocycles. The van der Waals surface area contributed by atoms with Crippen molar-refractivity contribution < 1.29 is 14.3 Å². The van der Waals surface area contributed by atoms with E-state index in [9.17, 15) is 4.79 Å². The molecule has 0 heterocycles. The lowest BCUT2D eigenvalue weighted by molar-refractivity contribution is -0.139. The number of hydrogen-bond acceptors (Lipinski definition) is 3. The largest absolute Gasteiger partial charge is 0.486 e. The summed E-state index contributed by atoms with van der Waals surface area (Å²) in [5.41, 5.74) is 1.86. The van der Waals surface area contributed by atoms with Crippen molar-refractivity contribution in [2.24, 2.45) is 0 Å². The lowest BCUT2D eigenvalue weighted by Gasteiger charge is -2.18. The topological polar surface area (TPSA) is 35.5 Å². The number of carbonyl (C=O) groups excluding carboxylic acids is 1. The Kier molecular flexibility index (Phi) is 5.23. The van der Waals surface area contributed by atoms with Crippen molar-refractivity contribution in [3.05, 3.63) is 64.7 Å². The third kappa shape index (κ3) is 4.23. The van der Waals surface area contributed by atoms with Gasteiger partial charge in [0.2, 0.25) is 0 Å². The first-order valence-electron chi connectivity index (χ1n) is 6.67. The first kappa shape index (κ1) is 15.4. The molecular weight excluding hydrogens is 288 g/mol. The minimum atomic E-state index is -0.266. The van der Waals surface area contributed by atoms with Crippen LogP contribution in [0.3, 0.4) is 0 Å². The number of methoxy groups -OCH3 is 1. The molecule has 0 aromatic heterocycles. The van der Waals surface area contributed by atoms with Crippen molar-refractivity contribution in [2.75, 3.05) is 7.11 Å². The van der Waals surface area contributed by atoms with E-state index in [-0.39, 0.29) is 18.5 Å². The van der Waals surface area contributed by atoms with Crippen LogP contribution in [0.15, 0.2) is 48.5 Å². The van der Waals surface area contributed by atoms with Crippen LogP contribution in [0.4, 0.5) is 0 Å². The monoisotopic (exact) mass is 304 g/mol. The molecule has 0 amide bonds.